The first-order valence-corrected chi connectivity index (χ1v) is 6.98. The Labute approximate surface area is 108 Å². The van der Waals surface area contributed by atoms with Crippen molar-refractivity contribution in [1.82, 2.24) is 10.2 Å². The predicted molar refractivity (Wildman–Crippen MR) is 68.8 cm³/mol. The topological polar surface area (TPSA) is 75.4 Å². The fraction of sp³-hybridized carbons (Fsp3) is 0.846. The Morgan fingerprint density at radius 1 is 1.17 bits per heavy atom. The van der Waals surface area contributed by atoms with Crippen molar-refractivity contribution in [2.75, 3.05) is 19.6 Å². The van der Waals surface area contributed by atoms with Crippen LogP contribution in [0.25, 0.3) is 0 Å². The summed E-state index contributed by atoms with van der Waals surface area (Å²) in [6.45, 7) is 1.82. The monoisotopic (exact) mass is 253 g/mol. The molecule has 18 heavy (non-hydrogen) atoms. The Balaban J connectivity index is 1.72. The molecule has 2 amide bonds. The summed E-state index contributed by atoms with van der Waals surface area (Å²) in [5.41, 5.74) is 5.86. The number of nitrogens with zero attached hydrogens (tertiary/aromatic N) is 1. The van der Waals surface area contributed by atoms with Gasteiger partial charge in [-0.1, -0.05) is 6.42 Å². The third-order valence-corrected chi connectivity index (χ3v) is 3.96. The van der Waals surface area contributed by atoms with Gasteiger partial charge in [-0.3, -0.25) is 9.59 Å². The third kappa shape index (κ3) is 3.45. The fourth-order valence-corrected chi connectivity index (χ4v) is 2.85. The minimum Gasteiger partial charge on any atom is -0.347 e. The van der Waals surface area contributed by atoms with Crippen molar-refractivity contribution in [3.05, 3.63) is 0 Å². The van der Waals surface area contributed by atoms with Crippen molar-refractivity contribution >= 4 is 11.8 Å². The molecule has 0 radical (unpaired) electrons. The van der Waals surface area contributed by atoms with Crippen LogP contribution in [0.4, 0.5) is 0 Å². The van der Waals surface area contributed by atoms with Gasteiger partial charge in [0.05, 0.1) is 6.54 Å². The first-order chi connectivity index (χ1) is 8.66. The summed E-state index contributed by atoms with van der Waals surface area (Å²) in [7, 11) is 0. The maximum absolute atomic E-state index is 11.9. The Morgan fingerprint density at radius 2 is 1.89 bits per heavy atom. The molecular weight excluding hydrogens is 230 g/mol. The zero-order chi connectivity index (χ0) is 13.0. The molecule has 0 aromatic carbocycles. The lowest BCUT2D eigenvalue weighted by atomic mass is 9.85. The van der Waals surface area contributed by atoms with E-state index in [1.807, 2.05) is 4.90 Å². The largest absolute Gasteiger partial charge is 0.347 e. The second-order valence-electron chi connectivity index (χ2n) is 5.43. The third-order valence-electron chi connectivity index (χ3n) is 3.96. The summed E-state index contributed by atoms with van der Waals surface area (Å²) >= 11 is 0. The molecule has 2 aliphatic rings. The first kappa shape index (κ1) is 13.3. The van der Waals surface area contributed by atoms with Crippen LogP contribution >= 0.6 is 0 Å². The quantitative estimate of drug-likeness (QED) is 0.756. The summed E-state index contributed by atoms with van der Waals surface area (Å²) in [6, 6.07) is 0.142. The number of nitrogens with two attached hydrogens (primary N) is 1. The van der Waals surface area contributed by atoms with Crippen molar-refractivity contribution in [2.24, 2.45) is 11.7 Å². The highest BCUT2D eigenvalue weighted by molar-refractivity contribution is 5.86. The van der Waals surface area contributed by atoms with Gasteiger partial charge in [0.2, 0.25) is 11.8 Å². The van der Waals surface area contributed by atoms with Crippen molar-refractivity contribution in [3.8, 4) is 0 Å². The van der Waals surface area contributed by atoms with Gasteiger partial charge in [0.25, 0.3) is 0 Å². The molecule has 0 aromatic rings. The molecule has 5 heteroatoms. The SMILES string of the molecule is NC1CCCC(C(=O)NCC(=O)N2CCCC2)C1. The van der Waals surface area contributed by atoms with E-state index in [1.165, 1.54) is 0 Å². The molecule has 5 nitrogen and oxygen atoms in total. The van der Waals surface area contributed by atoms with E-state index in [0.717, 1.165) is 51.6 Å². The predicted octanol–water partition coefficient (Wildman–Crippen LogP) is 0.242. The highest BCUT2D eigenvalue weighted by atomic mass is 16.2. The van der Waals surface area contributed by atoms with E-state index in [9.17, 15) is 9.59 Å². The maximum atomic E-state index is 11.9. The minimum absolute atomic E-state index is 0.000119. The van der Waals surface area contributed by atoms with Crippen LogP contribution in [0.15, 0.2) is 0 Å². The van der Waals surface area contributed by atoms with Crippen molar-refractivity contribution in [1.29, 1.82) is 0 Å². The molecule has 2 fully saturated rings. The van der Waals surface area contributed by atoms with Crippen molar-refractivity contribution in [3.63, 3.8) is 0 Å². The number of hydrogen-bond acceptors (Lipinski definition) is 3. The normalized spacial score (nSPS) is 28.2. The molecule has 2 unspecified atom stereocenters. The van der Waals surface area contributed by atoms with Gasteiger partial charge in [-0.05, 0) is 32.1 Å². The van der Waals surface area contributed by atoms with Gasteiger partial charge in [0.1, 0.15) is 0 Å². The van der Waals surface area contributed by atoms with Crippen LogP contribution in [-0.2, 0) is 9.59 Å². The van der Waals surface area contributed by atoms with Crippen molar-refractivity contribution in [2.45, 2.75) is 44.6 Å². The van der Waals surface area contributed by atoms with E-state index >= 15 is 0 Å². The number of rotatable bonds is 3. The second-order valence-corrected chi connectivity index (χ2v) is 5.43. The number of nitrogens with one attached hydrogen (secondary N) is 1. The number of hydrogen-bond donors (Lipinski definition) is 2. The van der Waals surface area contributed by atoms with Gasteiger partial charge in [-0.25, -0.2) is 0 Å². The van der Waals surface area contributed by atoms with E-state index in [0.29, 0.717) is 0 Å². The van der Waals surface area contributed by atoms with E-state index in [4.69, 9.17) is 5.73 Å². The number of carbonyl (C=O) groups excluding carboxylic acids is 2. The smallest absolute Gasteiger partial charge is 0.241 e. The molecule has 0 spiro atoms. The molecule has 1 aliphatic heterocycles. The fourth-order valence-electron chi connectivity index (χ4n) is 2.85. The van der Waals surface area contributed by atoms with E-state index in [2.05, 4.69) is 5.32 Å². The number of likely N-dealkylation sites (tertiary alicyclic amines) is 1. The molecule has 1 saturated carbocycles. The maximum Gasteiger partial charge on any atom is 0.241 e. The molecule has 0 aromatic heterocycles. The highest BCUT2D eigenvalue weighted by Gasteiger charge is 2.26. The van der Waals surface area contributed by atoms with Gasteiger partial charge in [0.15, 0.2) is 0 Å². The lowest BCUT2D eigenvalue weighted by molar-refractivity contribution is -0.133. The Morgan fingerprint density at radius 3 is 2.56 bits per heavy atom. The zero-order valence-electron chi connectivity index (χ0n) is 10.9. The summed E-state index contributed by atoms with van der Waals surface area (Å²) in [5, 5.41) is 2.76. The van der Waals surface area contributed by atoms with Gasteiger partial charge in [0, 0.05) is 25.0 Å². The van der Waals surface area contributed by atoms with Crippen LogP contribution in [0.2, 0.25) is 0 Å². The van der Waals surface area contributed by atoms with Gasteiger partial charge >= 0.3 is 0 Å². The molecule has 2 rings (SSSR count). The summed E-state index contributed by atoms with van der Waals surface area (Å²) in [6.07, 6.45) is 5.84. The Kier molecular flexibility index (Phi) is 4.58. The minimum atomic E-state index is -0.00213. The number of carbonyl (C=O) groups is 2. The highest BCUT2D eigenvalue weighted by Crippen LogP contribution is 2.23. The lowest BCUT2D eigenvalue weighted by Gasteiger charge is -2.26. The van der Waals surface area contributed by atoms with E-state index in [-0.39, 0.29) is 30.3 Å². The molecule has 1 heterocycles. The van der Waals surface area contributed by atoms with E-state index < -0.39 is 0 Å². The molecule has 2 atom stereocenters. The summed E-state index contributed by atoms with van der Waals surface area (Å²) in [4.78, 5) is 25.5. The van der Waals surface area contributed by atoms with Gasteiger partial charge in [-0.15, -0.1) is 0 Å². The second kappa shape index (κ2) is 6.18. The van der Waals surface area contributed by atoms with Crippen LogP contribution in [0.5, 0.6) is 0 Å². The zero-order valence-corrected chi connectivity index (χ0v) is 10.9. The summed E-state index contributed by atoms with van der Waals surface area (Å²) < 4.78 is 0. The average molecular weight is 253 g/mol. The first-order valence-electron chi connectivity index (χ1n) is 6.98. The van der Waals surface area contributed by atoms with Crippen LogP contribution < -0.4 is 11.1 Å². The molecule has 0 bridgehead atoms. The van der Waals surface area contributed by atoms with Crippen molar-refractivity contribution < 1.29 is 9.59 Å². The van der Waals surface area contributed by atoms with Crippen LogP contribution in [0.3, 0.4) is 0 Å². The van der Waals surface area contributed by atoms with Crippen LogP contribution in [0.1, 0.15) is 38.5 Å². The Bertz CT molecular complexity index is 313. The average Bonchev–Trinajstić information content (AvgIpc) is 2.89. The molecule has 1 aliphatic carbocycles. The summed E-state index contributed by atoms with van der Waals surface area (Å²) in [5.74, 6) is 0.0405. The molecule has 3 N–H and O–H groups in total. The number of amides is 2. The lowest BCUT2D eigenvalue weighted by Crippen LogP contribution is -2.43. The van der Waals surface area contributed by atoms with E-state index in [1.54, 1.807) is 0 Å². The Hall–Kier alpha value is -1.10. The molecule has 102 valence electrons. The van der Waals surface area contributed by atoms with Gasteiger partial charge in [-0.2, -0.15) is 0 Å². The molecule has 1 saturated heterocycles. The van der Waals surface area contributed by atoms with Crippen LogP contribution in [0, 0.1) is 5.92 Å². The molecular formula is C13H23N3O2. The van der Waals surface area contributed by atoms with Gasteiger partial charge < -0.3 is 16.0 Å². The van der Waals surface area contributed by atoms with Crippen LogP contribution in [-0.4, -0.2) is 42.4 Å². The standard InChI is InChI=1S/C13H23N3O2/c14-11-5-3-4-10(8-11)13(18)15-9-12(17)16-6-1-2-7-16/h10-11H,1-9,14H2,(H,15,18).